The summed E-state index contributed by atoms with van der Waals surface area (Å²) in [5.74, 6) is 0. The summed E-state index contributed by atoms with van der Waals surface area (Å²) in [6.45, 7) is 14.5. The van der Waals surface area contributed by atoms with E-state index in [1.165, 1.54) is 77.1 Å². The van der Waals surface area contributed by atoms with Crippen molar-refractivity contribution < 1.29 is 0 Å². The zero-order chi connectivity index (χ0) is 42.7. The van der Waals surface area contributed by atoms with Crippen molar-refractivity contribution in [1.82, 2.24) is 4.57 Å². The van der Waals surface area contributed by atoms with E-state index in [0.29, 0.717) is 0 Å². The van der Waals surface area contributed by atoms with Crippen LogP contribution < -0.4 is 4.90 Å². The molecule has 0 spiro atoms. The molecule has 0 fully saturated rings. The van der Waals surface area contributed by atoms with Gasteiger partial charge in [0.15, 0.2) is 0 Å². The van der Waals surface area contributed by atoms with E-state index >= 15 is 0 Å². The predicted molar refractivity (Wildman–Crippen MR) is 270 cm³/mol. The topological polar surface area (TPSA) is 8.17 Å². The lowest BCUT2D eigenvalue weighted by Gasteiger charge is -2.30. The maximum absolute atomic E-state index is 4.16. The van der Waals surface area contributed by atoms with Crippen molar-refractivity contribution in [3.8, 4) is 27.9 Å². The average Bonchev–Trinajstić information content (AvgIpc) is 3.86. The van der Waals surface area contributed by atoms with Gasteiger partial charge in [-0.1, -0.05) is 160 Å². The molecule has 62 heavy (non-hydrogen) atoms. The van der Waals surface area contributed by atoms with Crippen LogP contribution in [0.15, 0.2) is 201 Å². The van der Waals surface area contributed by atoms with Crippen LogP contribution in [0.4, 0.5) is 17.1 Å². The van der Waals surface area contributed by atoms with Crippen LogP contribution in [0.25, 0.3) is 72.2 Å². The Morgan fingerprint density at radius 2 is 1.35 bits per heavy atom. The highest BCUT2D eigenvalue weighted by molar-refractivity contribution is 6.23. The Labute approximate surface area is 366 Å². The third kappa shape index (κ3) is 6.98. The van der Waals surface area contributed by atoms with E-state index in [1.54, 1.807) is 0 Å². The van der Waals surface area contributed by atoms with E-state index in [2.05, 4.69) is 224 Å². The highest BCUT2D eigenvalue weighted by Crippen LogP contribution is 2.47. The molecule has 0 amide bonds. The summed E-state index contributed by atoms with van der Waals surface area (Å²) < 4.78 is 2.45. The van der Waals surface area contributed by atoms with E-state index in [4.69, 9.17) is 0 Å². The molecule has 8 aromatic carbocycles. The van der Waals surface area contributed by atoms with Gasteiger partial charge in [-0.25, -0.2) is 0 Å². The highest BCUT2D eigenvalue weighted by atomic mass is 15.1. The van der Waals surface area contributed by atoms with Gasteiger partial charge < -0.3 is 9.47 Å². The second-order valence-corrected chi connectivity index (χ2v) is 15.7. The summed E-state index contributed by atoms with van der Waals surface area (Å²) in [4.78, 5) is 2.42. The Morgan fingerprint density at radius 3 is 2.16 bits per heavy atom. The van der Waals surface area contributed by atoms with Crippen LogP contribution in [-0.4, -0.2) is 4.57 Å². The molecule has 1 aliphatic rings. The minimum absolute atomic E-state index is 0.968. The third-order valence-corrected chi connectivity index (χ3v) is 12.1. The lowest BCUT2D eigenvalue weighted by atomic mass is 9.95. The van der Waals surface area contributed by atoms with Crippen molar-refractivity contribution in [3.05, 3.63) is 229 Å². The predicted octanol–water partition coefficient (Wildman–Crippen LogP) is 17.2. The molecule has 1 heterocycles. The number of hydrogen-bond donors (Lipinski definition) is 0. The molecule has 0 radical (unpaired) electrons. The number of aromatic nitrogens is 1. The monoisotopic (exact) mass is 800 g/mol. The number of fused-ring (bicyclic) bond motifs is 8. The highest BCUT2D eigenvalue weighted by Gasteiger charge is 2.24. The zero-order valence-electron chi connectivity index (χ0n) is 36.4. The molecule has 0 atom stereocenters. The van der Waals surface area contributed by atoms with E-state index in [9.17, 15) is 0 Å². The van der Waals surface area contributed by atoms with Crippen molar-refractivity contribution in [2.75, 3.05) is 4.90 Å². The SMILES string of the molecule is C=C/C(=C\C=C/C)c1cccc(-n2c3ccc(-c4ccccc4N(c4ccccc4)c4cccc(C)c4/C=C\C)cc3c3c4cc5c(cc4ccc32)Cc2ccccc2-5)c1.CC. The number of nitrogens with zero attached hydrogens (tertiary/aromatic N) is 2. The summed E-state index contributed by atoms with van der Waals surface area (Å²) >= 11 is 0. The number of benzene rings is 8. The van der Waals surface area contributed by atoms with Crippen LogP contribution in [0.3, 0.4) is 0 Å². The molecular weight excluding hydrogens is 749 g/mol. The first kappa shape index (κ1) is 40.0. The molecule has 2 heteroatoms. The third-order valence-electron chi connectivity index (χ3n) is 12.1. The summed E-state index contributed by atoms with van der Waals surface area (Å²) in [5, 5.41) is 5.03. The van der Waals surface area contributed by atoms with Crippen molar-refractivity contribution in [3.63, 3.8) is 0 Å². The Bertz CT molecular complexity index is 3230. The maximum Gasteiger partial charge on any atom is 0.0547 e. The lowest BCUT2D eigenvalue weighted by molar-refractivity contribution is 1.18. The Balaban J connectivity index is 0.00000242. The largest absolute Gasteiger partial charge is 0.309 e. The first-order valence-electron chi connectivity index (χ1n) is 21.9. The van der Waals surface area contributed by atoms with Crippen molar-refractivity contribution >= 4 is 61.3 Å². The molecule has 0 saturated carbocycles. The summed E-state index contributed by atoms with van der Waals surface area (Å²) in [6.07, 6.45) is 13.5. The maximum atomic E-state index is 4.16. The molecule has 302 valence electrons. The molecule has 2 nitrogen and oxygen atoms in total. The van der Waals surface area contributed by atoms with Crippen LogP contribution in [-0.2, 0) is 6.42 Å². The van der Waals surface area contributed by atoms with Crippen molar-refractivity contribution in [1.29, 1.82) is 0 Å². The van der Waals surface area contributed by atoms with Crippen LogP contribution >= 0.6 is 0 Å². The molecule has 0 N–H and O–H groups in total. The second kappa shape index (κ2) is 17.3. The summed E-state index contributed by atoms with van der Waals surface area (Å²) in [5.41, 5.74) is 19.3. The second-order valence-electron chi connectivity index (χ2n) is 15.7. The number of aryl methyl sites for hydroxylation is 1. The van der Waals surface area contributed by atoms with Gasteiger partial charge in [-0.2, -0.15) is 0 Å². The lowest BCUT2D eigenvalue weighted by Crippen LogP contribution is -2.13. The number of rotatable bonds is 9. The van der Waals surface area contributed by atoms with E-state index in [-0.39, 0.29) is 0 Å². The van der Waals surface area contributed by atoms with Gasteiger partial charge in [0.2, 0.25) is 0 Å². The van der Waals surface area contributed by atoms with Crippen LogP contribution in [0.5, 0.6) is 0 Å². The van der Waals surface area contributed by atoms with Crippen LogP contribution in [0.1, 0.15) is 55.5 Å². The number of hydrogen-bond acceptors (Lipinski definition) is 1. The van der Waals surface area contributed by atoms with Gasteiger partial charge in [-0.3, -0.25) is 0 Å². The fourth-order valence-electron chi connectivity index (χ4n) is 9.37. The first-order valence-corrected chi connectivity index (χ1v) is 21.9. The van der Waals surface area contributed by atoms with Gasteiger partial charge in [0.05, 0.1) is 22.4 Å². The van der Waals surface area contributed by atoms with Gasteiger partial charge in [0.25, 0.3) is 0 Å². The molecule has 0 unspecified atom stereocenters. The normalized spacial score (nSPS) is 12.2. The van der Waals surface area contributed by atoms with E-state index in [1.807, 2.05) is 26.8 Å². The molecule has 0 saturated heterocycles. The van der Waals surface area contributed by atoms with Gasteiger partial charge in [0.1, 0.15) is 0 Å². The molecule has 0 bridgehead atoms. The standard InChI is InChI=1S/C58H46N2.C2H6/c1-5-8-20-40(7-3)41-22-17-25-47(36-41)60-56-32-30-44(37-53(56)58-52-38-51-45(35-43(52)31-33-57(58)60)34-42-21-12-13-26-49(42)51)50-27-14-15-28-55(50)59(46-23-10-9-11-24-46)54-29-16-19-39(4)48(54)18-6-2;1-2/h5-33,35-38H,3,34H2,1-2,4H3;1-2H3/b8-5-,18-6-,40-20+;. The van der Waals surface area contributed by atoms with Crippen LogP contribution in [0, 0.1) is 6.92 Å². The molecule has 10 rings (SSSR count). The molecule has 9 aromatic rings. The fourth-order valence-corrected chi connectivity index (χ4v) is 9.37. The number of para-hydroxylation sites is 2. The van der Waals surface area contributed by atoms with Gasteiger partial charge in [-0.05, 0) is 143 Å². The molecular formula is C60H52N2. The van der Waals surface area contributed by atoms with Crippen molar-refractivity contribution in [2.24, 2.45) is 0 Å². The minimum atomic E-state index is 0.968. The van der Waals surface area contributed by atoms with Gasteiger partial charge in [-0.15, -0.1) is 0 Å². The Hall–Kier alpha value is -7.42. The fraction of sp³-hybridized carbons (Fsp3) is 0.100. The van der Waals surface area contributed by atoms with Gasteiger partial charge >= 0.3 is 0 Å². The smallest absolute Gasteiger partial charge is 0.0547 e. The van der Waals surface area contributed by atoms with E-state index in [0.717, 1.165) is 40.3 Å². The van der Waals surface area contributed by atoms with Gasteiger partial charge in [0, 0.05) is 33.3 Å². The van der Waals surface area contributed by atoms with E-state index < -0.39 is 0 Å². The first-order chi connectivity index (χ1) is 30.6. The Kier molecular flexibility index (Phi) is 11.2. The Morgan fingerprint density at radius 1 is 0.613 bits per heavy atom. The van der Waals surface area contributed by atoms with Crippen molar-refractivity contribution in [2.45, 2.75) is 41.0 Å². The molecule has 1 aliphatic carbocycles. The molecule has 1 aromatic heterocycles. The minimum Gasteiger partial charge on any atom is -0.309 e. The number of anilines is 3. The number of allylic oxidation sites excluding steroid dienone is 6. The average molecular weight is 801 g/mol. The summed E-state index contributed by atoms with van der Waals surface area (Å²) in [6, 6.07) is 60.6. The summed E-state index contributed by atoms with van der Waals surface area (Å²) in [7, 11) is 0. The zero-order valence-corrected chi connectivity index (χ0v) is 36.4. The van der Waals surface area contributed by atoms with Crippen LogP contribution in [0.2, 0.25) is 0 Å². The quantitative estimate of drug-likeness (QED) is 0.132. The molecule has 0 aliphatic heterocycles.